The lowest BCUT2D eigenvalue weighted by atomic mass is 10.3. The van der Waals surface area contributed by atoms with Gasteiger partial charge in [-0.1, -0.05) is 11.6 Å². The fraction of sp³-hybridized carbons (Fsp3) is 0.250. The van der Waals surface area contributed by atoms with Gasteiger partial charge in [-0.05, 0) is 6.07 Å². The number of fused-ring (bicyclic) bond motifs is 1. The molecular weight excluding hydrogens is 204 g/mol. The highest BCUT2D eigenvalue weighted by Crippen LogP contribution is 2.22. The molecule has 0 aliphatic rings. The molecule has 2 aromatic heterocycles. The number of rotatable bonds is 2. The largest absolute Gasteiger partial charge is 0.385 e. The summed E-state index contributed by atoms with van der Waals surface area (Å²) >= 11 is 5.98. The maximum Gasteiger partial charge on any atom is 0.141 e. The van der Waals surface area contributed by atoms with Gasteiger partial charge >= 0.3 is 0 Å². The first-order valence-electron chi connectivity index (χ1n) is 4.09. The molecule has 0 spiro atoms. The minimum absolute atomic E-state index is 0.0943. The molecule has 1 atom stereocenters. The van der Waals surface area contributed by atoms with Gasteiger partial charge in [0.2, 0.25) is 0 Å². The van der Waals surface area contributed by atoms with Gasteiger partial charge in [-0.2, -0.15) is 0 Å². The Bertz CT molecular complexity index is 456. The summed E-state index contributed by atoms with van der Waals surface area (Å²) in [6.45, 7) is 0.0943. The standard InChI is InChI=1S/C8H9ClN4O/c9-8-7(5(14)3-10)12-6-1-2-11-4-13(6)8/h1-2,4-5,14H,3,10H2. The monoisotopic (exact) mass is 212 g/mol. The summed E-state index contributed by atoms with van der Waals surface area (Å²) in [6.07, 6.45) is 2.32. The molecule has 2 heterocycles. The van der Waals surface area contributed by atoms with E-state index in [1.54, 1.807) is 16.7 Å². The first-order valence-corrected chi connectivity index (χ1v) is 4.47. The third-order valence-corrected chi connectivity index (χ3v) is 2.31. The fourth-order valence-electron chi connectivity index (χ4n) is 1.21. The molecule has 0 aromatic carbocycles. The molecule has 0 fully saturated rings. The topological polar surface area (TPSA) is 76.4 Å². The quantitative estimate of drug-likeness (QED) is 0.755. The maximum absolute atomic E-state index is 9.51. The minimum atomic E-state index is -0.831. The lowest BCUT2D eigenvalue weighted by molar-refractivity contribution is 0.182. The molecule has 5 nitrogen and oxygen atoms in total. The zero-order valence-electron chi connectivity index (χ0n) is 7.26. The highest BCUT2D eigenvalue weighted by atomic mass is 35.5. The van der Waals surface area contributed by atoms with E-state index in [1.807, 2.05) is 0 Å². The van der Waals surface area contributed by atoms with Crippen molar-refractivity contribution in [3.05, 3.63) is 29.4 Å². The third-order valence-electron chi connectivity index (χ3n) is 1.94. The molecule has 0 bridgehead atoms. The van der Waals surface area contributed by atoms with Crippen molar-refractivity contribution in [1.29, 1.82) is 0 Å². The fourth-order valence-corrected chi connectivity index (χ4v) is 1.51. The summed E-state index contributed by atoms with van der Waals surface area (Å²) in [4.78, 5) is 8.04. The SMILES string of the molecule is NCC(O)c1nc2ccncn2c1Cl. The Kier molecular flexibility index (Phi) is 2.37. The number of hydrogen-bond donors (Lipinski definition) is 2. The molecule has 14 heavy (non-hydrogen) atoms. The van der Waals surface area contributed by atoms with E-state index >= 15 is 0 Å². The van der Waals surface area contributed by atoms with E-state index < -0.39 is 6.10 Å². The van der Waals surface area contributed by atoms with Crippen molar-refractivity contribution < 1.29 is 5.11 Å². The number of aliphatic hydroxyl groups excluding tert-OH is 1. The van der Waals surface area contributed by atoms with Crippen LogP contribution in [-0.2, 0) is 0 Å². The average molecular weight is 213 g/mol. The van der Waals surface area contributed by atoms with Crippen LogP contribution in [0.1, 0.15) is 11.8 Å². The molecule has 6 heteroatoms. The molecule has 0 radical (unpaired) electrons. The van der Waals surface area contributed by atoms with E-state index in [9.17, 15) is 5.11 Å². The Morgan fingerprint density at radius 1 is 1.64 bits per heavy atom. The Morgan fingerprint density at radius 3 is 3.07 bits per heavy atom. The smallest absolute Gasteiger partial charge is 0.141 e. The summed E-state index contributed by atoms with van der Waals surface area (Å²) in [5, 5.41) is 9.86. The molecule has 0 saturated heterocycles. The predicted molar refractivity (Wildman–Crippen MR) is 52.0 cm³/mol. The highest BCUT2D eigenvalue weighted by molar-refractivity contribution is 6.30. The van der Waals surface area contributed by atoms with Crippen LogP contribution in [0.5, 0.6) is 0 Å². The third kappa shape index (κ3) is 1.35. The van der Waals surface area contributed by atoms with E-state index in [0.29, 0.717) is 16.5 Å². The van der Waals surface area contributed by atoms with E-state index in [1.165, 1.54) is 6.33 Å². The van der Waals surface area contributed by atoms with Gasteiger partial charge in [0.1, 0.15) is 28.9 Å². The minimum Gasteiger partial charge on any atom is -0.385 e. The number of nitrogens with zero attached hydrogens (tertiary/aromatic N) is 3. The summed E-state index contributed by atoms with van der Waals surface area (Å²) < 4.78 is 1.59. The summed E-state index contributed by atoms with van der Waals surface area (Å²) in [6, 6.07) is 1.71. The molecule has 0 amide bonds. The van der Waals surface area contributed by atoms with E-state index in [-0.39, 0.29) is 6.54 Å². The first-order chi connectivity index (χ1) is 6.74. The first kappa shape index (κ1) is 9.39. The van der Waals surface area contributed by atoms with Gasteiger partial charge in [-0.25, -0.2) is 9.97 Å². The van der Waals surface area contributed by atoms with Crippen LogP contribution in [0.2, 0.25) is 5.15 Å². The number of imidazole rings is 1. The lowest BCUT2D eigenvalue weighted by Crippen LogP contribution is -2.12. The Labute approximate surface area is 85.2 Å². The molecule has 0 saturated carbocycles. The summed E-state index contributed by atoms with van der Waals surface area (Å²) in [5.41, 5.74) is 6.36. The highest BCUT2D eigenvalue weighted by Gasteiger charge is 2.16. The van der Waals surface area contributed by atoms with Gasteiger partial charge < -0.3 is 10.8 Å². The molecule has 74 valence electrons. The zero-order valence-corrected chi connectivity index (χ0v) is 8.02. The van der Waals surface area contributed by atoms with Crippen LogP contribution in [-0.4, -0.2) is 26.0 Å². The number of halogens is 1. The lowest BCUT2D eigenvalue weighted by Gasteiger charge is -2.02. The van der Waals surface area contributed by atoms with E-state index in [4.69, 9.17) is 17.3 Å². The average Bonchev–Trinajstić information content (AvgIpc) is 2.56. The number of hydrogen-bond acceptors (Lipinski definition) is 4. The van der Waals surface area contributed by atoms with Gasteiger partial charge in [0.05, 0.1) is 0 Å². The second-order valence-electron chi connectivity index (χ2n) is 2.85. The van der Waals surface area contributed by atoms with E-state index in [2.05, 4.69) is 9.97 Å². The zero-order chi connectivity index (χ0) is 10.1. The predicted octanol–water partition coefficient (Wildman–Crippen LogP) is 0.375. The molecule has 3 N–H and O–H groups in total. The second-order valence-corrected chi connectivity index (χ2v) is 3.21. The van der Waals surface area contributed by atoms with Gasteiger partial charge in [0.15, 0.2) is 0 Å². The van der Waals surface area contributed by atoms with Crippen LogP contribution < -0.4 is 5.73 Å². The van der Waals surface area contributed by atoms with Crippen molar-refractivity contribution in [2.75, 3.05) is 6.54 Å². The molecule has 2 rings (SSSR count). The number of nitrogens with two attached hydrogens (primary N) is 1. The Hall–Kier alpha value is -1.17. The van der Waals surface area contributed by atoms with Crippen LogP contribution in [0.4, 0.5) is 0 Å². The van der Waals surface area contributed by atoms with Crippen molar-refractivity contribution in [3.8, 4) is 0 Å². The van der Waals surface area contributed by atoms with Crippen LogP contribution in [0.3, 0.4) is 0 Å². The Balaban J connectivity index is 2.62. The molecular formula is C8H9ClN4O. The van der Waals surface area contributed by atoms with Crippen molar-refractivity contribution in [1.82, 2.24) is 14.4 Å². The number of aliphatic hydroxyl groups is 1. The van der Waals surface area contributed by atoms with Crippen LogP contribution in [0, 0.1) is 0 Å². The van der Waals surface area contributed by atoms with Crippen molar-refractivity contribution in [2.45, 2.75) is 6.10 Å². The number of aromatic nitrogens is 3. The van der Waals surface area contributed by atoms with Crippen molar-refractivity contribution in [3.63, 3.8) is 0 Å². The van der Waals surface area contributed by atoms with Gasteiger partial charge in [0, 0.05) is 12.7 Å². The van der Waals surface area contributed by atoms with Crippen molar-refractivity contribution >= 4 is 17.2 Å². The van der Waals surface area contributed by atoms with Crippen LogP contribution >= 0.6 is 11.6 Å². The maximum atomic E-state index is 9.51. The molecule has 0 aliphatic carbocycles. The van der Waals surface area contributed by atoms with Gasteiger partial charge in [-0.3, -0.25) is 4.40 Å². The molecule has 2 aromatic rings. The van der Waals surface area contributed by atoms with Gasteiger partial charge in [0.25, 0.3) is 0 Å². The molecule has 0 aliphatic heterocycles. The van der Waals surface area contributed by atoms with Crippen LogP contribution in [0.15, 0.2) is 18.6 Å². The molecule has 1 unspecified atom stereocenters. The van der Waals surface area contributed by atoms with E-state index in [0.717, 1.165) is 0 Å². The van der Waals surface area contributed by atoms with Crippen LogP contribution in [0.25, 0.3) is 5.65 Å². The second kappa shape index (κ2) is 3.53. The Morgan fingerprint density at radius 2 is 2.43 bits per heavy atom. The summed E-state index contributed by atoms with van der Waals surface area (Å²) in [7, 11) is 0. The van der Waals surface area contributed by atoms with Gasteiger partial charge in [-0.15, -0.1) is 0 Å². The van der Waals surface area contributed by atoms with Crippen molar-refractivity contribution in [2.24, 2.45) is 5.73 Å². The summed E-state index contributed by atoms with van der Waals surface area (Å²) in [5.74, 6) is 0. The normalized spacial score (nSPS) is 13.4.